The molecule has 2 heterocycles. The van der Waals surface area contributed by atoms with Gasteiger partial charge in [0.25, 0.3) is 5.56 Å². The lowest BCUT2D eigenvalue weighted by molar-refractivity contribution is 0.619. The van der Waals surface area contributed by atoms with Crippen molar-refractivity contribution >= 4 is 27.4 Å². The molecule has 2 aromatic carbocycles. The van der Waals surface area contributed by atoms with Gasteiger partial charge in [0.05, 0.1) is 6.54 Å². The molecule has 5 nitrogen and oxygen atoms in total. The standard InChI is InChI=1S/C21H19BrF2N4O/c22-19-20(25-14-28(21(19)29)13-15-2-1-3-17(24)12-15)27-10-8-26(9-11-27)18-6-4-16(23)5-7-18/h1-7,12,14H,8-11,13H2. The van der Waals surface area contributed by atoms with E-state index in [1.807, 2.05) is 0 Å². The highest BCUT2D eigenvalue weighted by atomic mass is 79.9. The fourth-order valence-corrected chi connectivity index (χ4v) is 4.03. The number of halogens is 3. The Morgan fingerprint density at radius 1 is 0.931 bits per heavy atom. The van der Waals surface area contributed by atoms with Crippen LogP contribution in [-0.2, 0) is 6.54 Å². The molecule has 0 radical (unpaired) electrons. The van der Waals surface area contributed by atoms with E-state index >= 15 is 0 Å². The van der Waals surface area contributed by atoms with Crippen molar-refractivity contribution < 1.29 is 8.78 Å². The molecule has 1 saturated heterocycles. The van der Waals surface area contributed by atoms with Gasteiger partial charge in [0.1, 0.15) is 28.3 Å². The second-order valence-corrected chi connectivity index (χ2v) is 7.69. The van der Waals surface area contributed by atoms with Crippen molar-refractivity contribution in [2.75, 3.05) is 36.0 Å². The summed E-state index contributed by atoms with van der Waals surface area (Å²) in [6, 6.07) is 12.6. The number of hydrogen-bond donors (Lipinski definition) is 0. The van der Waals surface area contributed by atoms with Gasteiger partial charge in [0.2, 0.25) is 0 Å². The van der Waals surface area contributed by atoms with Crippen molar-refractivity contribution in [3.05, 3.63) is 86.9 Å². The highest BCUT2D eigenvalue weighted by molar-refractivity contribution is 9.10. The first-order valence-electron chi connectivity index (χ1n) is 9.26. The van der Waals surface area contributed by atoms with E-state index in [0.717, 1.165) is 18.8 Å². The molecule has 0 amide bonds. The number of anilines is 2. The first-order valence-corrected chi connectivity index (χ1v) is 10.1. The first kappa shape index (κ1) is 19.6. The molecule has 1 aliphatic heterocycles. The molecule has 1 aliphatic rings. The minimum atomic E-state index is -0.335. The van der Waals surface area contributed by atoms with Crippen LogP contribution >= 0.6 is 15.9 Å². The minimum Gasteiger partial charge on any atom is -0.368 e. The lowest BCUT2D eigenvalue weighted by atomic mass is 10.2. The molecule has 1 fully saturated rings. The van der Waals surface area contributed by atoms with E-state index in [0.29, 0.717) is 28.9 Å². The van der Waals surface area contributed by atoms with Crippen LogP contribution in [0.1, 0.15) is 5.56 Å². The highest BCUT2D eigenvalue weighted by Crippen LogP contribution is 2.23. The number of nitrogens with zero attached hydrogens (tertiary/aromatic N) is 4. The van der Waals surface area contributed by atoms with Gasteiger partial charge >= 0.3 is 0 Å². The fourth-order valence-electron chi connectivity index (χ4n) is 3.45. The van der Waals surface area contributed by atoms with Gasteiger partial charge in [-0.15, -0.1) is 0 Å². The summed E-state index contributed by atoms with van der Waals surface area (Å²) < 4.78 is 28.4. The van der Waals surface area contributed by atoms with Crippen molar-refractivity contribution in [3.8, 4) is 0 Å². The lowest BCUT2D eigenvalue weighted by Gasteiger charge is -2.37. The first-order chi connectivity index (χ1) is 14.0. The molecule has 0 bridgehead atoms. The molecule has 0 N–H and O–H groups in total. The van der Waals surface area contributed by atoms with Crippen LogP contribution in [0, 0.1) is 11.6 Å². The largest absolute Gasteiger partial charge is 0.368 e. The van der Waals surface area contributed by atoms with Crippen molar-refractivity contribution in [2.45, 2.75) is 6.54 Å². The fraction of sp³-hybridized carbons (Fsp3) is 0.238. The van der Waals surface area contributed by atoms with E-state index in [4.69, 9.17) is 0 Å². The Bertz CT molecular complexity index is 1060. The Morgan fingerprint density at radius 2 is 1.62 bits per heavy atom. The van der Waals surface area contributed by atoms with Crippen LogP contribution in [0.4, 0.5) is 20.3 Å². The zero-order chi connectivity index (χ0) is 20.4. The van der Waals surface area contributed by atoms with Crippen LogP contribution in [0.5, 0.6) is 0 Å². The van der Waals surface area contributed by atoms with Gasteiger partial charge < -0.3 is 9.80 Å². The Labute approximate surface area is 175 Å². The van der Waals surface area contributed by atoms with E-state index in [9.17, 15) is 13.6 Å². The van der Waals surface area contributed by atoms with Crippen LogP contribution in [0.2, 0.25) is 0 Å². The zero-order valence-electron chi connectivity index (χ0n) is 15.6. The van der Waals surface area contributed by atoms with Gasteiger partial charge in [-0.25, -0.2) is 13.8 Å². The molecular weight excluding hydrogens is 442 g/mol. The minimum absolute atomic E-state index is 0.208. The Morgan fingerprint density at radius 3 is 2.31 bits per heavy atom. The summed E-state index contributed by atoms with van der Waals surface area (Å²) in [4.78, 5) is 21.4. The van der Waals surface area contributed by atoms with Crippen LogP contribution < -0.4 is 15.4 Å². The summed E-state index contributed by atoms with van der Waals surface area (Å²) in [5.41, 5.74) is 1.46. The maximum atomic E-state index is 13.4. The van der Waals surface area contributed by atoms with Gasteiger partial charge in [0, 0.05) is 31.9 Å². The summed E-state index contributed by atoms with van der Waals surface area (Å²) >= 11 is 3.40. The van der Waals surface area contributed by atoms with E-state index in [1.165, 1.54) is 35.2 Å². The normalized spacial score (nSPS) is 14.3. The van der Waals surface area contributed by atoms with Crippen molar-refractivity contribution in [2.24, 2.45) is 0 Å². The molecule has 29 heavy (non-hydrogen) atoms. The maximum absolute atomic E-state index is 13.4. The van der Waals surface area contributed by atoms with E-state index < -0.39 is 0 Å². The number of hydrogen-bond acceptors (Lipinski definition) is 4. The molecule has 0 unspecified atom stereocenters. The number of piperazine rings is 1. The van der Waals surface area contributed by atoms with Crippen molar-refractivity contribution in [1.82, 2.24) is 9.55 Å². The van der Waals surface area contributed by atoms with E-state index in [1.54, 1.807) is 24.3 Å². The second-order valence-electron chi connectivity index (χ2n) is 6.90. The molecule has 0 atom stereocenters. The predicted octanol–water partition coefficient (Wildman–Crippen LogP) is 3.66. The zero-order valence-corrected chi connectivity index (χ0v) is 17.1. The van der Waals surface area contributed by atoms with Crippen LogP contribution in [0.25, 0.3) is 0 Å². The lowest BCUT2D eigenvalue weighted by Crippen LogP contribution is -2.47. The third kappa shape index (κ3) is 4.32. The van der Waals surface area contributed by atoms with Crippen LogP contribution in [-0.4, -0.2) is 35.7 Å². The Balaban J connectivity index is 1.47. The molecule has 1 aromatic heterocycles. The molecule has 0 spiro atoms. The average Bonchev–Trinajstić information content (AvgIpc) is 2.73. The number of rotatable bonds is 4. The van der Waals surface area contributed by atoms with E-state index in [-0.39, 0.29) is 23.7 Å². The molecule has 150 valence electrons. The maximum Gasteiger partial charge on any atom is 0.270 e. The van der Waals surface area contributed by atoms with Crippen molar-refractivity contribution in [3.63, 3.8) is 0 Å². The Kier molecular flexibility index (Phi) is 5.62. The summed E-state index contributed by atoms with van der Waals surface area (Å²) in [5, 5.41) is 0. The molecule has 8 heteroatoms. The smallest absolute Gasteiger partial charge is 0.270 e. The summed E-state index contributed by atoms with van der Waals surface area (Å²) in [6.45, 7) is 3.12. The predicted molar refractivity (Wildman–Crippen MR) is 113 cm³/mol. The third-order valence-corrected chi connectivity index (χ3v) is 5.67. The SMILES string of the molecule is O=c1c(Br)c(N2CCN(c3ccc(F)cc3)CC2)ncn1Cc1cccc(F)c1. The highest BCUT2D eigenvalue weighted by Gasteiger charge is 2.22. The number of aromatic nitrogens is 2. The molecule has 0 saturated carbocycles. The molecule has 3 aromatic rings. The van der Waals surface area contributed by atoms with Gasteiger partial charge in [0.15, 0.2) is 0 Å². The van der Waals surface area contributed by atoms with Crippen molar-refractivity contribution in [1.29, 1.82) is 0 Å². The van der Waals surface area contributed by atoms with Gasteiger partial charge in [-0.1, -0.05) is 12.1 Å². The monoisotopic (exact) mass is 460 g/mol. The average molecular weight is 461 g/mol. The van der Waals surface area contributed by atoms with Gasteiger partial charge in [-0.05, 0) is 57.9 Å². The number of benzene rings is 2. The quantitative estimate of drug-likeness (QED) is 0.595. The van der Waals surface area contributed by atoms with Gasteiger partial charge in [-0.3, -0.25) is 9.36 Å². The van der Waals surface area contributed by atoms with Crippen LogP contribution in [0.3, 0.4) is 0 Å². The third-order valence-electron chi connectivity index (χ3n) is 4.98. The summed E-state index contributed by atoms with van der Waals surface area (Å²) in [7, 11) is 0. The Hall–Kier alpha value is -2.74. The summed E-state index contributed by atoms with van der Waals surface area (Å²) in [6.07, 6.45) is 1.50. The summed E-state index contributed by atoms with van der Waals surface area (Å²) in [5.74, 6) is 0.0155. The van der Waals surface area contributed by atoms with Gasteiger partial charge in [-0.2, -0.15) is 0 Å². The topological polar surface area (TPSA) is 41.4 Å². The second kappa shape index (κ2) is 8.32. The molecular formula is C21H19BrF2N4O. The molecule has 0 aliphatic carbocycles. The molecule has 4 rings (SSSR count). The van der Waals surface area contributed by atoms with E-state index in [2.05, 4.69) is 30.7 Å². The van der Waals surface area contributed by atoms with Crippen LogP contribution in [0.15, 0.2) is 64.1 Å².